The molecule has 0 aliphatic carbocycles. The van der Waals surface area contributed by atoms with Crippen molar-refractivity contribution in [1.29, 1.82) is 0 Å². The van der Waals surface area contributed by atoms with E-state index in [1.54, 1.807) is 23.1 Å². The SMILES string of the molecule is CCC1Oc2ccc(C(=O)C3CCN(C(=O)COC)CC3)cc2NC1=O. The standard InChI is InChI=1S/C19H24N2O5/c1-3-15-19(24)20-14-10-13(4-5-16(14)26-15)18(23)12-6-8-21(9-7-12)17(22)11-25-2/h4-5,10,12,15H,3,6-9,11H2,1-2H3,(H,20,24). The van der Waals surface area contributed by atoms with Gasteiger partial charge in [0.15, 0.2) is 11.9 Å². The van der Waals surface area contributed by atoms with E-state index in [1.807, 2.05) is 6.92 Å². The van der Waals surface area contributed by atoms with E-state index in [4.69, 9.17) is 9.47 Å². The number of hydrogen-bond acceptors (Lipinski definition) is 5. The van der Waals surface area contributed by atoms with E-state index in [0.717, 1.165) is 0 Å². The highest BCUT2D eigenvalue weighted by molar-refractivity contribution is 6.02. The van der Waals surface area contributed by atoms with Crippen molar-refractivity contribution in [2.24, 2.45) is 5.92 Å². The molecule has 1 fully saturated rings. The van der Waals surface area contributed by atoms with Gasteiger partial charge in [-0.2, -0.15) is 0 Å². The van der Waals surface area contributed by atoms with Crippen molar-refractivity contribution in [3.05, 3.63) is 23.8 Å². The zero-order valence-electron chi connectivity index (χ0n) is 15.1. The maximum Gasteiger partial charge on any atom is 0.265 e. The Morgan fingerprint density at radius 1 is 1.31 bits per heavy atom. The minimum atomic E-state index is -0.488. The Bertz CT molecular complexity index is 710. The fraction of sp³-hybridized carbons (Fsp3) is 0.526. The molecular formula is C19H24N2O5. The summed E-state index contributed by atoms with van der Waals surface area (Å²) in [5.74, 6) is 0.279. The average Bonchev–Trinajstić information content (AvgIpc) is 2.66. The molecule has 2 heterocycles. The summed E-state index contributed by atoms with van der Waals surface area (Å²) in [5.41, 5.74) is 1.10. The number of carbonyl (C=O) groups excluding carboxylic acids is 3. The van der Waals surface area contributed by atoms with Crippen molar-refractivity contribution >= 4 is 23.3 Å². The highest BCUT2D eigenvalue weighted by atomic mass is 16.5. The lowest BCUT2D eigenvalue weighted by Gasteiger charge is -2.31. The number of methoxy groups -OCH3 is 1. The Labute approximate surface area is 152 Å². The lowest BCUT2D eigenvalue weighted by molar-refractivity contribution is -0.136. The molecule has 1 atom stereocenters. The number of ether oxygens (including phenoxy) is 2. The minimum absolute atomic E-state index is 0.0403. The number of ketones is 1. The van der Waals surface area contributed by atoms with Gasteiger partial charge in [-0.15, -0.1) is 0 Å². The zero-order valence-corrected chi connectivity index (χ0v) is 15.1. The summed E-state index contributed by atoms with van der Waals surface area (Å²) in [7, 11) is 1.50. The fourth-order valence-electron chi connectivity index (χ4n) is 3.41. The van der Waals surface area contributed by atoms with Crippen LogP contribution in [0.25, 0.3) is 0 Å². The first-order valence-electron chi connectivity index (χ1n) is 8.96. The molecule has 2 amide bonds. The van der Waals surface area contributed by atoms with Crippen LogP contribution in [-0.2, 0) is 14.3 Å². The van der Waals surface area contributed by atoms with Crippen molar-refractivity contribution in [2.75, 3.05) is 32.1 Å². The number of hydrogen-bond donors (Lipinski definition) is 1. The predicted molar refractivity (Wildman–Crippen MR) is 95.3 cm³/mol. The third-order valence-corrected chi connectivity index (χ3v) is 4.94. The smallest absolute Gasteiger partial charge is 0.265 e. The minimum Gasteiger partial charge on any atom is -0.478 e. The number of carbonyl (C=O) groups is 3. The van der Waals surface area contributed by atoms with Gasteiger partial charge in [0, 0.05) is 31.7 Å². The molecule has 1 saturated heterocycles. The predicted octanol–water partition coefficient (Wildman–Crippen LogP) is 1.86. The molecule has 1 unspecified atom stereocenters. The Kier molecular flexibility index (Phi) is 5.56. The van der Waals surface area contributed by atoms with Gasteiger partial charge in [-0.3, -0.25) is 14.4 Å². The lowest BCUT2D eigenvalue weighted by atomic mass is 9.88. The molecule has 140 valence electrons. The molecule has 0 radical (unpaired) electrons. The number of amides is 2. The molecule has 2 aliphatic heterocycles. The molecule has 0 spiro atoms. The maximum absolute atomic E-state index is 12.8. The summed E-state index contributed by atoms with van der Waals surface area (Å²) < 4.78 is 10.5. The molecular weight excluding hydrogens is 336 g/mol. The summed E-state index contributed by atoms with van der Waals surface area (Å²) in [5, 5.41) is 2.81. The van der Waals surface area contributed by atoms with E-state index in [1.165, 1.54) is 7.11 Å². The van der Waals surface area contributed by atoms with Gasteiger partial charge in [-0.05, 0) is 37.5 Å². The van der Waals surface area contributed by atoms with Crippen LogP contribution >= 0.6 is 0 Å². The summed E-state index contributed by atoms with van der Waals surface area (Å²) in [6.07, 6.45) is 1.36. The Morgan fingerprint density at radius 2 is 2.04 bits per heavy atom. The number of nitrogens with zero attached hydrogens (tertiary/aromatic N) is 1. The summed E-state index contributed by atoms with van der Waals surface area (Å²) >= 11 is 0. The number of piperidine rings is 1. The van der Waals surface area contributed by atoms with Gasteiger partial charge in [0.25, 0.3) is 5.91 Å². The van der Waals surface area contributed by atoms with Crippen LogP contribution in [0.5, 0.6) is 5.75 Å². The maximum atomic E-state index is 12.8. The highest BCUT2D eigenvalue weighted by Crippen LogP contribution is 2.32. The molecule has 0 aromatic heterocycles. The number of likely N-dealkylation sites (tertiary alicyclic amines) is 1. The first-order chi connectivity index (χ1) is 12.5. The van der Waals surface area contributed by atoms with Crippen molar-refractivity contribution in [2.45, 2.75) is 32.3 Å². The number of benzene rings is 1. The molecule has 3 rings (SSSR count). The van der Waals surface area contributed by atoms with E-state index in [9.17, 15) is 14.4 Å². The lowest BCUT2D eigenvalue weighted by Crippen LogP contribution is -2.41. The molecule has 0 bridgehead atoms. The zero-order chi connectivity index (χ0) is 18.7. The van der Waals surface area contributed by atoms with Gasteiger partial charge in [-0.25, -0.2) is 0 Å². The van der Waals surface area contributed by atoms with Gasteiger partial charge in [-0.1, -0.05) is 6.92 Å². The number of Topliss-reactive ketones (excluding diaryl/α,β-unsaturated/α-hetero) is 1. The molecule has 0 saturated carbocycles. The number of fused-ring (bicyclic) bond motifs is 1. The first kappa shape index (κ1) is 18.4. The van der Waals surface area contributed by atoms with Crippen molar-refractivity contribution in [3.63, 3.8) is 0 Å². The van der Waals surface area contributed by atoms with E-state index in [0.29, 0.717) is 49.4 Å². The Morgan fingerprint density at radius 3 is 2.69 bits per heavy atom. The van der Waals surface area contributed by atoms with Crippen molar-refractivity contribution in [3.8, 4) is 5.75 Å². The fourth-order valence-corrected chi connectivity index (χ4v) is 3.41. The van der Waals surface area contributed by atoms with E-state index in [2.05, 4.69) is 5.32 Å². The van der Waals surface area contributed by atoms with Crippen LogP contribution in [0.2, 0.25) is 0 Å². The third kappa shape index (κ3) is 3.72. The monoisotopic (exact) mass is 360 g/mol. The Balaban J connectivity index is 1.65. The molecule has 7 nitrogen and oxygen atoms in total. The van der Waals surface area contributed by atoms with Gasteiger partial charge < -0.3 is 19.7 Å². The van der Waals surface area contributed by atoms with Gasteiger partial charge in [0.05, 0.1) is 5.69 Å². The summed E-state index contributed by atoms with van der Waals surface area (Å²) in [4.78, 5) is 38.3. The van der Waals surface area contributed by atoms with Crippen LogP contribution in [-0.4, -0.2) is 55.4 Å². The second-order valence-corrected chi connectivity index (χ2v) is 6.67. The number of nitrogens with one attached hydrogen (secondary N) is 1. The third-order valence-electron chi connectivity index (χ3n) is 4.94. The highest BCUT2D eigenvalue weighted by Gasteiger charge is 2.30. The molecule has 1 aromatic rings. The second kappa shape index (κ2) is 7.86. The van der Waals surface area contributed by atoms with E-state index < -0.39 is 6.10 Å². The van der Waals surface area contributed by atoms with Crippen molar-refractivity contribution < 1.29 is 23.9 Å². The van der Waals surface area contributed by atoms with Crippen LogP contribution in [0.4, 0.5) is 5.69 Å². The second-order valence-electron chi connectivity index (χ2n) is 6.67. The average molecular weight is 360 g/mol. The topological polar surface area (TPSA) is 84.9 Å². The summed E-state index contributed by atoms with van der Waals surface area (Å²) in [6, 6.07) is 5.17. The molecule has 1 aromatic carbocycles. The van der Waals surface area contributed by atoms with E-state index in [-0.39, 0.29) is 30.1 Å². The van der Waals surface area contributed by atoms with Crippen LogP contribution in [0.15, 0.2) is 18.2 Å². The largest absolute Gasteiger partial charge is 0.478 e. The normalized spacial score (nSPS) is 20.2. The molecule has 7 heteroatoms. The molecule has 2 aliphatic rings. The first-order valence-corrected chi connectivity index (χ1v) is 8.96. The van der Waals surface area contributed by atoms with Crippen LogP contribution in [0, 0.1) is 5.92 Å². The van der Waals surface area contributed by atoms with Crippen LogP contribution in [0.1, 0.15) is 36.5 Å². The number of anilines is 1. The van der Waals surface area contributed by atoms with Crippen LogP contribution in [0.3, 0.4) is 0 Å². The van der Waals surface area contributed by atoms with Gasteiger partial charge in [0.2, 0.25) is 5.91 Å². The molecule has 1 N–H and O–H groups in total. The van der Waals surface area contributed by atoms with Gasteiger partial charge >= 0.3 is 0 Å². The van der Waals surface area contributed by atoms with E-state index >= 15 is 0 Å². The quantitative estimate of drug-likeness (QED) is 0.810. The number of rotatable bonds is 5. The Hall–Kier alpha value is -2.41. The summed E-state index contributed by atoms with van der Waals surface area (Å²) in [6.45, 7) is 3.07. The molecule has 26 heavy (non-hydrogen) atoms. The van der Waals surface area contributed by atoms with Crippen molar-refractivity contribution in [1.82, 2.24) is 4.90 Å². The van der Waals surface area contributed by atoms with Gasteiger partial charge in [0.1, 0.15) is 12.4 Å². The van der Waals surface area contributed by atoms with Crippen LogP contribution < -0.4 is 10.1 Å².